The molecule has 2 aromatic carbocycles. The van der Waals surface area contributed by atoms with Crippen LogP contribution in [0.2, 0.25) is 0 Å². The van der Waals surface area contributed by atoms with Crippen LogP contribution in [-0.2, 0) is 26.0 Å². The minimum Gasteiger partial charge on any atom is -0.493 e. The number of fused-ring (bicyclic) bond motifs is 1. The number of hydrogen-bond acceptors (Lipinski definition) is 7. The molecule has 3 rings (SSSR count). The zero-order valence-electron chi connectivity index (χ0n) is 18.2. The lowest BCUT2D eigenvalue weighted by molar-refractivity contribution is -0.136. The lowest BCUT2D eigenvalue weighted by Crippen LogP contribution is -2.34. The molecule has 0 aromatic heterocycles. The summed E-state index contributed by atoms with van der Waals surface area (Å²) in [5, 5.41) is 0. The van der Waals surface area contributed by atoms with Crippen LogP contribution in [-0.4, -0.2) is 53.8 Å². The fraction of sp³-hybridized carbons (Fsp3) is 0.304. The number of esters is 1. The van der Waals surface area contributed by atoms with E-state index in [4.69, 9.17) is 14.2 Å². The zero-order chi connectivity index (χ0) is 23.3. The summed E-state index contributed by atoms with van der Waals surface area (Å²) in [6, 6.07) is 10.0. The monoisotopic (exact) mass is 459 g/mol. The molecule has 0 N–H and O–H groups in total. The number of anilines is 1. The molecule has 0 bridgehead atoms. The number of ether oxygens (including phenoxy) is 3. The first-order chi connectivity index (χ1) is 15.2. The minimum atomic E-state index is -3.37. The quantitative estimate of drug-likeness (QED) is 0.340. The van der Waals surface area contributed by atoms with Gasteiger partial charge in [-0.05, 0) is 60.4 Å². The zero-order valence-corrected chi connectivity index (χ0v) is 19.0. The standard InChI is InChI=1S/C23H25NO7S/c1-29-21-10-6-16(13-22(21)30-2)7-11-23(26)31-15-20(25)18-8-9-19-17(14-18)5-4-12-24(19)32(3,27)28/h6-11,13-14H,4-5,12,15H2,1-3H3/b11-7+. The van der Waals surface area contributed by atoms with Crippen molar-refractivity contribution in [1.29, 1.82) is 0 Å². The molecule has 32 heavy (non-hydrogen) atoms. The highest BCUT2D eigenvalue weighted by atomic mass is 32.2. The SMILES string of the molecule is COc1ccc(/C=C/C(=O)OCC(=O)c2ccc3c(c2)CCCN3S(C)(=O)=O)cc1OC. The van der Waals surface area contributed by atoms with Gasteiger partial charge in [0.1, 0.15) is 0 Å². The molecule has 1 heterocycles. The van der Waals surface area contributed by atoms with E-state index in [-0.39, 0.29) is 5.78 Å². The Balaban J connectivity index is 1.62. The van der Waals surface area contributed by atoms with E-state index in [1.165, 1.54) is 24.6 Å². The van der Waals surface area contributed by atoms with Crippen LogP contribution in [0.1, 0.15) is 27.9 Å². The van der Waals surface area contributed by atoms with Gasteiger partial charge < -0.3 is 14.2 Å². The highest BCUT2D eigenvalue weighted by molar-refractivity contribution is 7.92. The number of hydrogen-bond donors (Lipinski definition) is 0. The van der Waals surface area contributed by atoms with Crippen LogP contribution in [0.25, 0.3) is 6.08 Å². The Morgan fingerprint density at radius 2 is 1.81 bits per heavy atom. The number of carbonyl (C=O) groups is 2. The molecule has 0 amide bonds. The van der Waals surface area contributed by atoms with Crippen molar-refractivity contribution < 1.29 is 32.2 Å². The summed E-state index contributed by atoms with van der Waals surface area (Å²) in [5.41, 5.74) is 2.45. The van der Waals surface area contributed by atoms with Crippen LogP contribution in [0.4, 0.5) is 5.69 Å². The Bertz CT molecular complexity index is 1150. The van der Waals surface area contributed by atoms with Gasteiger partial charge in [0.05, 0.1) is 26.2 Å². The number of ketones is 1. The molecule has 0 saturated heterocycles. The first kappa shape index (κ1) is 23.3. The first-order valence-electron chi connectivity index (χ1n) is 9.93. The maximum absolute atomic E-state index is 12.5. The predicted octanol–water partition coefficient (Wildman–Crippen LogP) is 2.86. The molecule has 9 heteroatoms. The molecule has 0 unspecified atom stereocenters. The van der Waals surface area contributed by atoms with Crippen molar-refractivity contribution in [2.75, 3.05) is 37.9 Å². The molecule has 0 aliphatic carbocycles. The second kappa shape index (κ2) is 9.86. The molecule has 2 aromatic rings. The predicted molar refractivity (Wildman–Crippen MR) is 121 cm³/mol. The van der Waals surface area contributed by atoms with E-state index in [2.05, 4.69) is 0 Å². The van der Waals surface area contributed by atoms with E-state index in [9.17, 15) is 18.0 Å². The number of sulfonamides is 1. The van der Waals surface area contributed by atoms with Gasteiger partial charge in [-0.1, -0.05) is 6.07 Å². The second-order valence-electron chi connectivity index (χ2n) is 7.26. The van der Waals surface area contributed by atoms with Crippen molar-refractivity contribution in [3.05, 3.63) is 59.2 Å². The van der Waals surface area contributed by atoms with Gasteiger partial charge in [0, 0.05) is 18.2 Å². The van der Waals surface area contributed by atoms with Crippen molar-refractivity contribution in [3.8, 4) is 11.5 Å². The van der Waals surface area contributed by atoms with Crippen molar-refractivity contribution in [3.63, 3.8) is 0 Å². The van der Waals surface area contributed by atoms with Crippen molar-refractivity contribution in [2.24, 2.45) is 0 Å². The van der Waals surface area contributed by atoms with Crippen LogP contribution in [0.5, 0.6) is 11.5 Å². The van der Waals surface area contributed by atoms with Crippen molar-refractivity contribution >= 4 is 33.5 Å². The molecule has 170 valence electrons. The van der Waals surface area contributed by atoms with Gasteiger partial charge in [-0.25, -0.2) is 13.2 Å². The number of Topliss-reactive ketones (excluding diaryl/α,β-unsaturated/α-hetero) is 1. The average molecular weight is 460 g/mol. The maximum Gasteiger partial charge on any atom is 0.331 e. The van der Waals surface area contributed by atoms with Crippen molar-refractivity contribution in [1.82, 2.24) is 0 Å². The van der Waals surface area contributed by atoms with Gasteiger partial charge in [-0.3, -0.25) is 9.10 Å². The lowest BCUT2D eigenvalue weighted by Gasteiger charge is -2.29. The normalized spacial score (nSPS) is 13.5. The molecule has 0 atom stereocenters. The van der Waals surface area contributed by atoms with E-state index >= 15 is 0 Å². The highest BCUT2D eigenvalue weighted by Gasteiger charge is 2.24. The maximum atomic E-state index is 12.5. The number of methoxy groups -OCH3 is 2. The number of nitrogens with zero attached hydrogens (tertiary/aromatic N) is 1. The molecule has 0 radical (unpaired) electrons. The fourth-order valence-electron chi connectivity index (χ4n) is 3.47. The summed E-state index contributed by atoms with van der Waals surface area (Å²) in [5.74, 6) is 0.0778. The lowest BCUT2D eigenvalue weighted by atomic mass is 9.99. The molecular weight excluding hydrogens is 434 g/mol. The summed E-state index contributed by atoms with van der Waals surface area (Å²) >= 11 is 0. The van der Waals surface area contributed by atoms with Crippen LogP contribution in [0, 0.1) is 0 Å². The van der Waals surface area contributed by atoms with E-state index < -0.39 is 22.6 Å². The van der Waals surface area contributed by atoms with Crippen molar-refractivity contribution in [2.45, 2.75) is 12.8 Å². The number of carbonyl (C=O) groups excluding carboxylic acids is 2. The highest BCUT2D eigenvalue weighted by Crippen LogP contribution is 2.30. The summed E-state index contributed by atoms with van der Waals surface area (Å²) in [4.78, 5) is 24.5. The Kier molecular flexibility index (Phi) is 7.19. The van der Waals surface area contributed by atoms with Crippen LogP contribution >= 0.6 is 0 Å². The van der Waals surface area contributed by atoms with Gasteiger partial charge in [-0.2, -0.15) is 0 Å². The van der Waals surface area contributed by atoms with Gasteiger partial charge >= 0.3 is 5.97 Å². The summed E-state index contributed by atoms with van der Waals surface area (Å²) in [7, 11) is -0.323. The van der Waals surface area contributed by atoms with Gasteiger partial charge in [0.2, 0.25) is 10.0 Å². The van der Waals surface area contributed by atoms with Gasteiger partial charge in [0.25, 0.3) is 0 Å². The molecule has 0 fully saturated rings. The second-order valence-corrected chi connectivity index (χ2v) is 9.17. The van der Waals surface area contributed by atoms with Gasteiger partial charge in [0.15, 0.2) is 23.9 Å². The summed E-state index contributed by atoms with van der Waals surface area (Å²) < 4.78 is 40.7. The Hall–Kier alpha value is -3.33. The number of rotatable bonds is 8. The Morgan fingerprint density at radius 3 is 2.50 bits per heavy atom. The smallest absolute Gasteiger partial charge is 0.331 e. The topological polar surface area (TPSA) is 99.2 Å². The fourth-order valence-corrected chi connectivity index (χ4v) is 4.47. The molecule has 8 nitrogen and oxygen atoms in total. The van der Waals surface area contributed by atoms with E-state index in [0.717, 1.165) is 11.8 Å². The Labute approximate surface area is 187 Å². The third kappa shape index (κ3) is 5.47. The number of aryl methyl sites for hydroxylation is 1. The van der Waals surface area contributed by atoms with E-state index in [1.807, 2.05) is 0 Å². The molecule has 1 aliphatic heterocycles. The summed E-state index contributed by atoms with van der Waals surface area (Å²) in [6.45, 7) is 0.00677. The molecule has 0 saturated carbocycles. The third-order valence-electron chi connectivity index (χ3n) is 5.04. The van der Waals surface area contributed by atoms with Crippen LogP contribution in [0.3, 0.4) is 0 Å². The average Bonchev–Trinajstić information content (AvgIpc) is 2.79. The van der Waals surface area contributed by atoms with E-state index in [0.29, 0.717) is 47.7 Å². The molecule has 0 spiro atoms. The Morgan fingerprint density at radius 1 is 1.06 bits per heavy atom. The van der Waals surface area contributed by atoms with Gasteiger partial charge in [-0.15, -0.1) is 0 Å². The summed E-state index contributed by atoms with van der Waals surface area (Å²) in [6.07, 6.45) is 5.29. The minimum absolute atomic E-state index is 0.364. The van der Waals surface area contributed by atoms with Crippen LogP contribution in [0.15, 0.2) is 42.5 Å². The molecule has 1 aliphatic rings. The largest absolute Gasteiger partial charge is 0.493 e. The number of benzene rings is 2. The first-order valence-corrected chi connectivity index (χ1v) is 11.8. The van der Waals surface area contributed by atoms with E-state index in [1.54, 1.807) is 42.5 Å². The third-order valence-corrected chi connectivity index (χ3v) is 6.22. The molecular formula is C23H25NO7S. The van der Waals surface area contributed by atoms with Crippen LogP contribution < -0.4 is 13.8 Å².